The number of aromatic nitrogens is 4. The van der Waals surface area contributed by atoms with Gasteiger partial charge < -0.3 is 35.5 Å². The first kappa shape index (κ1) is 32.4. The number of benzene rings is 2. The second-order valence-electron chi connectivity index (χ2n) is 7.66. The molecule has 202 valence electrons. The molecule has 0 atom stereocenters. The third-order valence-electron chi connectivity index (χ3n) is 4.47. The van der Waals surface area contributed by atoms with Crippen LogP contribution < -0.4 is 5.10 Å². The Balaban J connectivity index is 0.000000267. The monoisotopic (exact) mass is 636 g/mol. The number of nitrogens with zero attached hydrogens (tertiary/aromatic N) is 7. The quantitative estimate of drug-likeness (QED) is 0.120. The van der Waals surface area contributed by atoms with Crippen molar-refractivity contribution in [2.45, 2.75) is 25.4 Å². The van der Waals surface area contributed by atoms with Crippen LogP contribution in [0.1, 0.15) is 33.9 Å². The molecule has 0 aliphatic carbocycles. The molecule has 0 aliphatic rings. The zero-order valence-corrected chi connectivity index (χ0v) is 25.4. The molecule has 0 unspecified atom stereocenters. The molecular weight excluding hydrogens is 612 g/mol. The number of hydrogen-bond acceptors (Lipinski definition) is 10. The molecule has 0 bridgehead atoms. The van der Waals surface area contributed by atoms with Crippen molar-refractivity contribution >= 4 is 70.0 Å². The van der Waals surface area contributed by atoms with Crippen molar-refractivity contribution in [3.05, 3.63) is 107 Å². The Morgan fingerprint density at radius 1 is 0.846 bits per heavy atom. The van der Waals surface area contributed by atoms with E-state index in [0.29, 0.717) is 14.4 Å². The van der Waals surface area contributed by atoms with Crippen LogP contribution >= 0.6 is 23.5 Å². The van der Waals surface area contributed by atoms with Gasteiger partial charge >= 0.3 is 16.8 Å². The van der Waals surface area contributed by atoms with Gasteiger partial charge in [-0.1, -0.05) is 66.7 Å². The van der Waals surface area contributed by atoms with E-state index in [1.165, 1.54) is 34.7 Å². The smallest absolute Gasteiger partial charge is 0.752 e. The number of thioether (sulfide) groups is 2. The van der Waals surface area contributed by atoms with Crippen molar-refractivity contribution in [2.24, 2.45) is 20.4 Å². The second kappa shape index (κ2) is 18.5. The van der Waals surface area contributed by atoms with Gasteiger partial charge in [-0.25, -0.2) is 0 Å². The van der Waals surface area contributed by atoms with Crippen LogP contribution in [-0.2, 0) is 53.5 Å². The van der Waals surface area contributed by atoms with E-state index in [2.05, 4.69) is 65.1 Å². The fourth-order valence-corrected chi connectivity index (χ4v) is 4.37. The van der Waals surface area contributed by atoms with Crippen LogP contribution in [0, 0.1) is 13.8 Å². The average molecular weight is 637 g/mol. The van der Waals surface area contributed by atoms with Crippen LogP contribution in [0.4, 0.5) is 0 Å². The van der Waals surface area contributed by atoms with E-state index in [1.807, 2.05) is 62.4 Å². The second-order valence-corrected chi connectivity index (χ2v) is 10.9. The van der Waals surface area contributed by atoms with Gasteiger partial charge in [0.15, 0.2) is 0 Å². The molecule has 4 rings (SSSR count). The summed E-state index contributed by atoms with van der Waals surface area (Å²) in [5.74, 6) is 1.61. The van der Waals surface area contributed by atoms with E-state index in [0.717, 1.165) is 28.6 Å². The molecule has 0 fully saturated rings. The van der Waals surface area contributed by atoms with Crippen molar-refractivity contribution < 1.29 is 16.8 Å². The van der Waals surface area contributed by atoms with E-state index < -0.39 is 0 Å². The van der Waals surface area contributed by atoms with E-state index in [1.54, 1.807) is 12.4 Å². The minimum absolute atomic E-state index is 0. The Morgan fingerprint density at radius 2 is 1.38 bits per heavy atom. The summed E-state index contributed by atoms with van der Waals surface area (Å²) in [5, 5.41) is 30.3. The van der Waals surface area contributed by atoms with Crippen molar-refractivity contribution in [1.29, 1.82) is 0 Å². The molecule has 1 N–H and O–H groups in total. The Morgan fingerprint density at radius 3 is 1.85 bits per heavy atom. The topological polar surface area (TPSA) is 105 Å². The molecular formula is C26H25CoN8S4. The fourth-order valence-electron chi connectivity index (χ4n) is 2.74. The van der Waals surface area contributed by atoms with Gasteiger partial charge in [-0.05, 0) is 39.8 Å². The molecule has 2 heterocycles. The number of aryl methyl sites for hydroxylation is 2. The summed E-state index contributed by atoms with van der Waals surface area (Å²) in [6, 6.07) is 24.0. The fraction of sp³-hybridized carbons (Fsp3) is 0.154. The summed E-state index contributed by atoms with van der Waals surface area (Å²) < 4.78 is 1.03. The third-order valence-corrected chi connectivity index (χ3v) is 6.96. The zero-order valence-electron chi connectivity index (χ0n) is 21.1. The van der Waals surface area contributed by atoms with Crippen molar-refractivity contribution in [3.63, 3.8) is 0 Å². The molecule has 0 saturated carbocycles. The van der Waals surface area contributed by atoms with E-state index >= 15 is 0 Å². The Labute approximate surface area is 258 Å². The number of H-pyrrole nitrogens is 1. The van der Waals surface area contributed by atoms with Gasteiger partial charge in [0.25, 0.3) is 0 Å². The maximum atomic E-state index is 5.13. The van der Waals surface area contributed by atoms with Crippen LogP contribution in [0.3, 0.4) is 0 Å². The maximum Gasteiger partial charge on any atom is 3.00 e. The molecule has 0 radical (unpaired) electrons. The largest absolute Gasteiger partial charge is 3.00 e. The summed E-state index contributed by atoms with van der Waals surface area (Å²) in [6.07, 6.45) is 3.13. The number of rotatable bonds is 8. The van der Waals surface area contributed by atoms with Gasteiger partial charge in [0.05, 0.1) is 6.21 Å². The van der Waals surface area contributed by atoms with Crippen molar-refractivity contribution in [2.75, 3.05) is 0 Å². The summed E-state index contributed by atoms with van der Waals surface area (Å²) in [6.45, 7) is 3.81. The van der Waals surface area contributed by atoms with Gasteiger partial charge in [0.2, 0.25) is 0 Å². The summed E-state index contributed by atoms with van der Waals surface area (Å²) in [5.41, 5.74) is 5.72. The summed E-state index contributed by atoms with van der Waals surface area (Å²) >= 11 is 13.2. The Hall–Kier alpha value is -2.81. The van der Waals surface area contributed by atoms with Crippen LogP contribution in [0.25, 0.3) is 0 Å². The van der Waals surface area contributed by atoms with Crippen LogP contribution in [-0.4, -0.2) is 36.5 Å². The normalized spacial score (nSPS) is 11.8. The molecule has 0 aliphatic heterocycles. The molecule has 4 aromatic rings. The molecule has 0 saturated heterocycles. The van der Waals surface area contributed by atoms with Gasteiger partial charge in [-0.3, -0.25) is 5.10 Å². The first-order valence-corrected chi connectivity index (χ1v) is 14.2. The molecule has 8 nitrogen and oxygen atoms in total. The van der Waals surface area contributed by atoms with Crippen LogP contribution in [0.15, 0.2) is 93.2 Å². The molecule has 2 aromatic carbocycles. The molecule has 13 heteroatoms. The van der Waals surface area contributed by atoms with Gasteiger partial charge in [-0.15, -0.1) is 29.2 Å². The van der Waals surface area contributed by atoms with Crippen molar-refractivity contribution in [1.82, 2.24) is 20.4 Å². The standard InChI is InChI=1S/C13H14N4S2.C13H13N4S2.Co/c2*1-10-7-12(16-15-10)8-14-17-13(18)19-9-11-5-3-2-4-6-11;/h2-8H,9H2,1H3,(H,15,16)(H,17,18);2-8H,9H2,1H3,(H-,14,15,16,17,18);/q;-1;+3/p-2. The van der Waals surface area contributed by atoms with Gasteiger partial charge in [0.1, 0.15) is 5.69 Å². The van der Waals surface area contributed by atoms with Crippen LogP contribution in [0.2, 0.25) is 0 Å². The van der Waals surface area contributed by atoms with Crippen molar-refractivity contribution in [3.8, 4) is 0 Å². The molecule has 2 aromatic heterocycles. The first-order valence-electron chi connectivity index (χ1n) is 11.4. The predicted octanol–water partition coefficient (Wildman–Crippen LogP) is 5.40. The average Bonchev–Trinajstić information content (AvgIpc) is 3.55. The summed E-state index contributed by atoms with van der Waals surface area (Å²) in [4.78, 5) is 0. The van der Waals surface area contributed by atoms with E-state index in [-0.39, 0.29) is 16.8 Å². The predicted molar refractivity (Wildman–Crippen MR) is 166 cm³/mol. The van der Waals surface area contributed by atoms with Gasteiger partial charge in [0, 0.05) is 29.1 Å². The van der Waals surface area contributed by atoms with Gasteiger partial charge in [-0.2, -0.15) is 25.5 Å². The SMILES string of the molecule is Cc1cc(C=NN=C([S-])SCc2ccccc2)[n-]n1.Cc1cc(C=NN=C([S-])SCc2ccccc2)n[nH]1.[Co+3]. The Bertz CT molecular complexity index is 1260. The molecule has 0 amide bonds. The number of aromatic amines is 1. The number of hydrogen-bond donors (Lipinski definition) is 1. The minimum Gasteiger partial charge on any atom is -0.752 e. The summed E-state index contributed by atoms with van der Waals surface area (Å²) in [7, 11) is 0. The minimum atomic E-state index is 0. The number of nitrogens with one attached hydrogen (secondary N) is 1. The first-order chi connectivity index (χ1) is 18.5. The molecule has 0 spiro atoms. The Kier molecular flexibility index (Phi) is 15.3. The molecule has 39 heavy (non-hydrogen) atoms. The third kappa shape index (κ3) is 13.7. The maximum absolute atomic E-state index is 5.13. The van der Waals surface area contributed by atoms with E-state index in [4.69, 9.17) is 25.3 Å². The zero-order chi connectivity index (χ0) is 27.0. The van der Waals surface area contributed by atoms with Crippen LogP contribution in [0.5, 0.6) is 0 Å². The van der Waals surface area contributed by atoms with E-state index in [9.17, 15) is 0 Å².